The number of hydrogen-bond acceptors (Lipinski definition) is 6. The molecule has 0 aliphatic carbocycles. The number of aromatic nitrogens is 2. The Labute approximate surface area is 176 Å². The van der Waals surface area contributed by atoms with E-state index in [2.05, 4.69) is 15.5 Å². The number of benzene rings is 2. The summed E-state index contributed by atoms with van der Waals surface area (Å²) in [5, 5.41) is 11.7. The molecule has 0 fully saturated rings. The first-order valence-electron chi connectivity index (χ1n) is 8.31. The van der Waals surface area contributed by atoms with Crippen molar-refractivity contribution in [1.29, 1.82) is 0 Å². The molecule has 28 heavy (non-hydrogen) atoms. The van der Waals surface area contributed by atoms with E-state index in [-0.39, 0.29) is 23.5 Å². The Morgan fingerprint density at radius 2 is 2.04 bits per heavy atom. The zero-order chi connectivity index (χ0) is 20.1. The molecule has 9 heteroatoms. The largest absolute Gasteiger partial charge is 0.484 e. The quantitative estimate of drug-likeness (QED) is 0.505. The van der Waals surface area contributed by atoms with E-state index >= 15 is 0 Å². The number of carbonyl (C=O) groups is 1. The Bertz CT molecular complexity index is 994. The number of anilines is 1. The number of hydrogen-bond donors (Lipinski definition) is 1. The summed E-state index contributed by atoms with van der Waals surface area (Å²) < 4.78 is 11.2. The van der Waals surface area contributed by atoms with Crippen LogP contribution in [0, 0.1) is 13.8 Å². The zero-order valence-corrected chi connectivity index (χ0v) is 17.5. The molecule has 0 saturated heterocycles. The van der Waals surface area contributed by atoms with Gasteiger partial charge in [-0.2, -0.15) is 0 Å². The molecular weight excluding hydrogens is 421 g/mol. The van der Waals surface area contributed by atoms with Crippen LogP contribution in [0.2, 0.25) is 10.0 Å². The molecule has 0 atom stereocenters. The van der Waals surface area contributed by atoms with E-state index in [4.69, 9.17) is 32.4 Å². The first-order valence-corrected chi connectivity index (χ1v) is 10.1. The lowest BCUT2D eigenvalue weighted by atomic mass is 10.1. The van der Waals surface area contributed by atoms with E-state index in [1.165, 1.54) is 0 Å². The van der Waals surface area contributed by atoms with Gasteiger partial charge in [-0.1, -0.05) is 47.1 Å². The van der Waals surface area contributed by atoms with Gasteiger partial charge in [0.2, 0.25) is 5.91 Å². The SMILES string of the molecule is Cc1cccc(OCc2nnc(SCC(=O)Nc3cc(Cl)ccc3Cl)o2)c1C. The van der Waals surface area contributed by atoms with Crippen molar-refractivity contribution >= 4 is 46.6 Å². The molecule has 3 rings (SSSR count). The molecular formula is C19H17Cl2N3O3S. The minimum Gasteiger partial charge on any atom is -0.484 e. The van der Waals surface area contributed by atoms with Gasteiger partial charge in [0, 0.05) is 5.02 Å². The van der Waals surface area contributed by atoms with Crippen molar-refractivity contribution in [2.24, 2.45) is 0 Å². The average Bonchev–Trinajstić information content (AvgIpc) is 3.12. The number of nitrogens with zero attached hydrogens (tertiary/aromatic N) is 2. The second-order valence-corrected chi connectivity index (χ2v) is 7.68. The summed E-state index contributed by atoms with van der Waals surface area (Å²) >= 11 is 13.1. The van der Waals surface area contributed by atoms with E-state index in [1.807, 2.05) is 32.0 Å². The number of amides is 1. The van der Waals surface area contributed by atoms with E-state index in [1.54, 1.807) is 18.2 Å². The number of halogens is 2. The van der Waals surface area contributed by atoms with Crippen LogP contribution in [0.3, 0.4) is 0 Å². The predicted octanol–water partition coefficient (Wildman–Crippen LogP) is 5.30. The van der Waals surface area contributed by atoms with Gasteiger partial charge in [0.25, 0.3) is 11.1 Å². The second-order valence-electron chi connectivity index (χ2n) is 5.91. The second kappa shape index (κ2) is 9.32. The lowest BCUT2D eigenvalue weighted by molar-refractivity contribution is -0.113. The Balaban J connectivity index is 1.51. The van der Waals surface area contributed by atoms with Crippen LogP contribution in [0.25, 0.3) is 0 Å². The molecule has 0 radical (unpaired) electrons. The van der Waals surface area contributed by atoms with Crippen LogP contribution < -0.4 is 10.1 Å². The van der Waals surface area contributed by atoms with Gasteiger partial charge in [-0.05, 0) is 49.2 Å². The highest BCUT2D eigenvalue weighted by Gasteiger charge is 2.12. The Hall–Kier alpha value is -2.22. The Morgan fingerprint density at radius 3 is 2.86 bits per heavy atom. The van der Waals surface area contributed by atoms with Crippen LogP contribution in [0.15, 0.2) is 46.0 Å². The van der Waals surface area contributed by atoms with Crippen molar-refractivity contribution in [3.8, 4) is 5.75 Å². The van der Waals surface area contributed by atoms with Crippen LogP contribution >= 0.6 is 35.0 Å². The van der Waals surface area contributed by atoms with Crippen molar-refractivity contribution in [1.82, 2.24) is 10.2 Å². The van der Waals surface area contributed by atoms with Gasteiger partial charge >= 0.3 is 0 Å². The molecule has 1 heterocycles. The summed E-state index contributed by atoms with van der Waals surface area (Å²) in [5.74, 6) is 0.926. The molecule has 0 aliphatic rings. The van der Waals surface area contributed by atoms with E-state index in [9.17, 15) is 4.79 Å². The van der Waals surface area contributed by atoms with Crippen LogP contribution in [0.5, 0.6) is 5.75 Å². The van der Waals surface area contributed by atoms with Crippen LogP contribution in [-0.4, -0.2) is 21.9 Å². The van der Waals surface area contributed by atoms with E-state index in [0.717, 1.165) is 28.6 Å². The number of thioether (sulfide) groups is 1. The predicted molar refractivity (Wildman–Crippen MR) is 110 cm³/mol. The fourth-order valence-electron chi connectivity index (χ4n) is 2.28. The molecule has 0 saturated carbocycles. The number of ether oxygens (including phenoxy) is 1. The lowest BCUT2D eigenvalue weighted by Gasteiger charge is -2.08. The summed E-state index contributed by atoms with van der Waals surface area (Å²) in [6.07, 6.45) is 0. The average molecular weight is 438 g/mol. The van der Waals surface area contributed by atoms with Crippen molar-refractivity contribution in [2.45, 2.75) is 25.7 Å². The zero-order valence-electron chi connectivity index (χ0n) is 15.2. The molecule has 0 spiro atoms. The number of carbonyl (C=O) groups excluding carboxylic acids is 1. The van der Waals surface area contributed by atoms with Crippen LogP contribution in [0.4, 0.5) is 5.69 Å². The molecule has 1 aromatic heterocycles. The standard InChI is InChI=1S/C19H17Cl2N3O3S/c1-11-4-3-5-16(12(11)2)26-9-18-23-24-19(27-18)28-10-17(25)22-15-8-13(20)6-7-14(15)21/h3-8H,9-10H2,1-2H3,(H,22,25). The summed E-state index contributed by atoms with van der Waals surface area (Å²) in [7, 11) is 0. The molecule has 2 aromatic carbocycles. The molecule has 0 bridgehead atoms. The highest BCUT2D eigenvalue weighted by Crippen LogP contribution is 2.26. The van der Waals surface area contributed by atoms with Crippen molar-refractivity contribution < 1.29 is 13.9 Å². The monoisotopic (exact) mass is 437 g/mol. The smallest absolute Gasteiger partial charge is 0.277 e. The summed E-state index contributed by atoms with van der Waals surface area (Å²) in [4.78, 5) is 12.1. The summed E-state index contributed by atoms with van der Waals surface area (Å²) in [6, 6.07) is 10.7. The highest BCUT2D eigenvalue weighted by atomic mass is 35.5. The summed E-state index contributed by atoms with van der Waals surface area (Å²) in [5.41, 5.74) is 2.66. The topological polar surface area (TPSA) is 77.2 Å². The maximum absolute atomic E-state index is 12.1. The maximum atomic E-state index is 12.1. The highest BCUT2D eigenvalue weighted by molar-refractivity contribution is 7.99. The molecule has 6 nitrogen and oxygen atoms in total. The minimum atomic E-state index is -0.263. The molecule has 3 aromatic rings. The first-order chi connectivity index (χ1) is 13.4. The fourth-order valence-corrected chi connectivity index (χ4v) is 3.20. The summed E-state index contributed by atoms with van der Waals surface area (Å²) in [6.45, 7) is 4.16. The molecule has 146 valence electrons. The van der Waals surface area contributed by atoms with Gasteiger partial charge in [-0.15, -0.1) is 10.2 Å². The molecule has 1 N–H and O–H groups in total. The van der Waals surface area contributed by atoms with Gasteiger partial charge in [0.1, 0.15) is 5.75 Å². The number of nitrogens with one attached hydrogen (secondary N) is 1. The lowest BCUT2D eigenvalue weighted by Crippen LogP contribution is -2.14. The Kier molecular flexibility index (Phi) is 6.83. The third kappa shape index (κ3) is 5.41. The number of rotatable bonds is 7. The van der Waals surface area contributed by atoms with Gasteiger partial charge in [0.05, 0.1) is 16.5 Å². The van der Waals surface area contributed by atoms with Crippen molar-refractivity contribution in [2.75, 3.05) is 11.1 Å². The van der Waals surface area contributed by atoms with Crippen LogP contribution in [0.1, 0.15) is 17.0 Å². The van der Waals surface area contributed by atoms with Crippen LogP contribution in [-0.2, 0) is 11.4 Å². The van der Waals surface area contributed by atoms with Crippen molar-refractivity contribution in [3.63, 3.8) is 0 Å². The van der Waals surface area contributed by atoms with Crippen molar-refractivity contribution in [3.05, 3.63) is 63.5 Å². The molecule has 0 unspecified atom stereocenters. The Morgan fingerprint density at radius 1 is 1.21 bits per heavy atom. The minimum absolute atomic E-state index is 0.0856. The molecule has 1 amide bonds. The van der Waals surface area contributed by atoms with Gasteiger partial charge < -0.3 is 14.5 Å². The maximum Gasteiger partial charge on any atom is 0.277 e. The van der Waals surface area contributed by atoms with Gasteiger partial charge in [0.15, 0.2) is 6.61 Å². The normalized spacial score (nSPS) is 10.7. The molecule has 0 aliphatic heterocycles. The van der Waals surface area contributed by atoms with Gasteiger partial charge in [-0.3, -0.25) is 4.79 Å². The van der Waals surface area contributed by atoms with E-state index in [0.29, 0.717) is 21.6 Å². The van der Waals surface area contributed by atoms with E-state index < -0.39 is 0 Å². The third-order valence-electron chi connectivity index (χ3n) is 3.88. The van der Waals surface area contributed by atoms with Gasteiger partial charge in [-0.25, -0.2) is 0 Å². The fraction of sp³-hybridized carbons (Fsp3) is 0.211. The third-order valence-corrected chi connectivity index (χ3v) is 5.27. The number of aryl methyl sites for hydroxylation is 1. The first kappa shape index (κ1) is 20.5.